The summed E-state index contributed by atoms with van der Waals surface area (Å²) in [5.74, 6) is -1.20. The first-order valence-electron chi connectivity index (χ1n) is 10.7. The zero-order valence-electron chi connectivity index (χ0n) is 19.8. The number of carbonyl (C=O) groups excluding carboxylic acids is 2. The summed E-state index contributed by atoms with van der Waals surface area (Å²) >= 11 is 0. The molecule has 0 saturated heterocycles. The van der Waals surface area contributed by atoms with E-state index in [2.05, 4.69) is 24.2 Å². The fourth-order valence-corrected chi connectivity index (χ4v) is 2.89. The van der Waals surface area contributed by atoms with E-state index >= 15 is 0 Å². The van der Waals surface area contributed by atoms with Crippen LogP contribution in [0.2, 0.25) is 0 Å². The molecule has 1 aliphatic rings. The first kappa shape index (κ1) is 34.1. The van der Waals surface area contributed by atoms with Crippen LogP contribution in [0.3, 0.4) is 0 Å². The van der Waals surface area contributed by atoms with Crippen LogP contribution in [0.5, 0.6) is 0 Å². The molecule has 9 heteroatoms. The zero-order chi connectivity index (χ0) is 22.7. The van der Waals surface area contributed by atoms with Crippen molar-refractivity contribution < 1.29 is 59.2 Å². The Morgan fingerprint density at radius 3 is 1.87 bits per heavy atom. The van der Waals surface area contributed by atoms with Crippen molar-refractivity contribution in [2.24, 2.45) is 16.3 Å². The third-order valence-electron chi connectivity index (χ3n) is 4.72. The second-order valence-electron chi connectivity index (χ2n) is 6.96. The number of hydrogen-bond donors (Lipinski definition) is 3. The molecule has 0 aromatic heterocycles. The van der Waals surface area contributed by atoms with Crippen molar-refractivity contribution in [3.8, 4) is 0 Å². The van der Waals surface area contributed by atoms with Crippen LogP contribution in [0.25, 0.3) is 0 Å². The molecule has 0 saturated carbocycles. The predicted molar refractivity (Wildman–Crippen MR) is 112 cm³/mol. The average molecular weight is 441 g/mol. The Balaban J connectivity index is -0.000000443. The number of aliphatic hydroxyl groups is 2. The van der Waals surface area contributed by atoms with Crippen LogP contribution in [0.15, 0.2) is 4.99 Å². The Morgan fingerprint density at radius 1 is 1.03 bits per heavy atom. The predicted octanol–water partition coefficient (Wildman–Crippen LogP) is -1.23. The van der Waals surface area contributed by atoms with Crippen LogP contribution in [0.1, 0.15) is 79.6 Å². The van der Waals surface area contributed by atoms with Crippen molar-refractivity contribution >= 4 is 17.8 Å². The summed E-state index contributed by atoms with van der Waals surface area (Å²) < 4.78 is 5.31. The van der Waals surface area contributed by atoms with Gasteiger partial charge in [0.05, 0.1) is 19.2 Å². The smallest absolute Gasteiger partial charge is 0.846 e. The van der Waals surface area contributed by atoms with Gasteiger partial charge in [-0.1, -0.05) is 53.9 Å². The van der Waals surface area contributed by atoms with E-state index in [9.17, 15) is 14.7 Å². The molecule has 30 heavy (non-hydrogen) atoms. The van der Waals surface area contributed by atoms with Crippen molar-refractivity contribution in [1.82, 2.24) is 5.32 Å². The normalized spacial score (nSPS) is 18.6. The van der Waals surface area contributed by atoms with E-state index in [-0.39, 0.29) is 48.7 Å². The summed E-state index contributed by atoms with van der Waals surface area (Å²) in [4.78, 5) is 27.1. The zero-order valence-corrected chi connectivity index (χ0v) is 21.8. The molecule has 0 radical (unpaired) electrons. The van der Waals surface area contributed by atoms with Crippen LogP contribution in [-0.4, -0.2) is 54.5 Å². The summed E-state index contributed by atoms with van der Waals surface area (Å²) in [7, 11) is 0. The number of nitrogens with zero attached hydrogens (tertiary/aromatic N) is 1. The van der Waals surface area contributed by atoms with Gasteiger partial charge in [-0.05, 0) is 31.6 Å². The van der Waals surface area contributed by atoms with Crippen LogP contribution in [0, 0.1) is 11.3 Å². The van der Waals surface area contributed by atoms with Crippen LogP contribution < -0.4 is 40.0 Å². The summed E-state index contributed by atoms with van der Waals surface area (Å²) in [6.45, 7) is 11.7. The number of rotatable bonds is 11. The van der Waals surface area contributed by atoms with Crippen molar-refractivity contribution in [3.05, 3.63) is 0 Å². The second kappa shape index (κ2) is 21.7. The van der Waals surface area contributed by atoms with E-state index in [4.69, 9.17) is 14.9 Å². The van der Waals surface area contributed by atoms with E-state index < -0.39 is 23.3 Å². The van der Waals surface area contributed by atoms with Gasteiger partial charge in [-0.2, -0.15) is 0 Å². The summed E-state index contributed by atoms with van der Waals surface area (Å²) in [5.41, 5.74) is -1.15. The molecule has 172 valence electrons. The molecule has 2 unspecified atom stereocenters. The molecule has 0 spiro atoms. The number of amides is 2. The van der Waals surface area contributed by atoms with Gasteiger partial charge in [0.25, 0.3) is 5.91 Å². The topological polar surface area (TPSA) is 131 Å². The van der Waals surface area contributed by atoms with E-state index in [0.717, 1.165) is 26.1 Å². The summed E-state index contributed by atoms with van der Waals surface area (Å²) in [6.07, 6.45) is 6.93. The second-order valence-corrected chi connectivity index (χ2v) is 6.96. The molecule has 1 aliphatic heterocycles. The number of aliphatic imine (C=N–C) groups is 1. The van der Waals surface area contributed by atoms with Gasteiger partial charge in [-0.3, -0.25) is 9.59 Å². The molecule has 0 aliphatic carbocycles. The van der Waals surface area contributed by atoms with Gasteiger partial charge in [0, 0.05) is 13.2 Å². The number of ether oxygens (including phenoxy) is 1. The van der Waals surface area contributed by atoms with Gasteiger partial charge in [0.1, 0.15) is 5.41 Å². The molecule has 2 atom stereocenters. The van der Waals surface area contributed by atoms with Gasteiger partial charge in [-0.15, -0.1) is 0 Å². The monoisotopic (exact) mass is 440 g/mol. The Labute approximate surface area is 204 Å². The molecule has 3 N–H and O–H groups in total. The van der Waals surface area contributed by atoms with Crippen molar-refractivity contribution in [2.75, 3.05) is 26.4 Å². The maximum Gasteiger partial charge on any atom is 1.00 e. The molecule has 2 amide bonds. The minimum atomic E-state index is -1.15. The minimum absolute atomic E-state index is 0. The molecular weight excluding hydrogens is 399 g/mol. The molecular formula is C21H41N2NaO6. The Morgan fingerprint density at radius 2 is 1.53 bits per heavy atom. The third-order valence-corrected chi connectivity index (χ3v) is 4.72. The van der Waals surface area contributed by atoms with E-state index in [1.165, 1.54) is 25.7 Å². The number of hydrogen-bond acceptors (Lipinski definition) is 6. The number of aliphatic hydroxyl groups excluding tert-OH is 2. The van der Waals surface area contributed by atoms with Gasteiger partial charge >= 0.3 is 29.6 Å². The SMILES string of the molecule is CCCC(C)C1(CC)C(=O)N=C([O-])NC1=O.CCCCOCCCC.OCCO.[Na+]. The number of carbonyl (C=O) groups is 2. The number of amidine groups is 1. The molecule has 0 fully saturated rings. The van der Waals surface area contributed by atoms with Gasteiger partial charge in [0.2, 0.25) is 5.91 Å². The first-order chi connectivity index (χ1) is 13.8. The fraction of sp³-hybridized carbons (Fsp3) is 0.857. The Kier molecular flexibility index (Phi) is 24.7. The maximum atomic E-state index is 11.9. The molecule has 1 heterocycles. The Bertz CT molecular complexity index is 468. The van der Waals surface area contributed by atoms with E-state index in [0.29, 0.717) is 6.42 Å². The summed E-state index contributed by atoms with van der Waals surface area (Å²) in [6, 6.07) is -0.845. The third kappa shape index (κ3) is 13.0. The molecule has 0 bridgehead atoms. The van der Waals surface area contributed by atoms with Crippen LogP contribution in [-0.2, 0) is 14.3 Å². The Hall–Kier alpha value is -0.510. The fourth-order valence-electron chi connectivity index (χ4n) is 2.89. The quantitative estimate of drug-likeness (QED) is 0.209. The minimum Gasteiger partial charge on any atom is -0.846 e. The molecule has 0 aromatic rings. The van der Waals surface area contributed by atoms with Gasteiger partial charge in [0.15, 0.2) is 0 Å². The molecule has 0 aromatic carbocycles. The number of unbranched alkanes of at least 4 members (excludes halogenated alkanes) is 2. The molecule has 8 nitrogen and oxygen atoms in total. The van der Waals surface area contributed by atoms with Crippen molar-refractivity contribution in [2.45, 2.75) is 79.6 Å². The standard InChI is InChI=1S/C11H18N2O3.C8H18O.C2H6O2.Na/c1-4-6-7(3)11(5-2)8(14)12-10(16)13-9(11)15;1-3-5-7-9-8-6-4-2;3-1-2-4;/h7H,4-6H2,1-3H3,(H2,12,13,14,15,16);3-8H2,1-2H3;3-4H,1-2H2;/q;;;+1/p-1. The summed E-state index contributed by atoms with van der Waals surface area (Å²) in [5, 5.41) is 28.3. The number of nitrogens with one attached hydrogen (secondary N) is 1. The first-order valence-corrected chi connectivity index (χ1v) is 10.7. The van der Waals surface area contributed by atoms with E-state index in [1.54, 1.807) is 6.92 Å². The largest absolute Gasteiger partial charge is 1.00 e. The van der Waals surface area contributed by atoms with Gasteiger partial charge in [-0.25, -0.2) is 4.99 Å². The average Bonchev–Trinajstić information content (AvgIpc) is 2.69. The van der Waals surface area contributed by atoms with Crippen LogP contribution in [0.4, 0.5) is 0 Å². The molecule has 1 rings (SSSR count). The van der Waals surface area contributed by atoms with E-state index in [1.807, 2.05) is 13.8 Å². The van der Waals surface area contributed by atoms with Gasteiger partial charge < -0.3 is 25.4 Å². The van der Waals surface area contributed by atoms with Crippen molar-refractivity contribution in [1.29, 1.82) is 0 Å². The van der Waals surface area contributed by atoms with Crippen molar-refractivity contribution in [3.63, 3.8) is 0 Å². The van der Waals surface area contributed by atoms with Crippen LogP contribution >= 0.6 is 0 Å². The maximum absolute atomic E-state index is 11.9.